The first-order valence-electron chi connectivity index (χ1n) is 7.85. The van der Waals surface area contributed by atoms with Crippen LogP contribution in [0.25, 0.3) is 0 Å². The molecule has 0 spiro atoms. The Hall–Kier alpha value is -2.51. The first-order chi connectivity index (χ1) is 11.8. The SMILES string of the molecule is COc1cccc2c1CCC2Nc1nc(N(C)C)cc(C(F)(F)F)n1. The van der Waals surface area contributed by atoms with Gasteiger partial charge in [-0.3, -0.25) is 0 Å². The van der Waals surface area contributed by atoms with Crippen LogP contribution in [0.15, 0.2) is 24.3 Å². The number of hydrogen-bond acceptors (Lipinski definition) is 5. The van der Waals surface area contributed by atoms with Crippen LogP contribution in [0, 0.1) is 0 Å². The summed E-state index contributed by atoms with van der Waals surface area (Å²) in [7, 11) is 4.89. The van der Waals surface area contributed by atoms with Crippen molar-refractivity contribution in [3.63, 3.8) is 0 Å². The second kappa shape index (κ2) is 6.42. The summed E-state index contributed by atoms with van der Waals surface area (Å²) < 4.78 is 44.7. The highest BCUT2D eigenvalue weighted by Crippen LogP contribution is 2.39. The predicted octanol–water partition coefficient (Wildman–Crippen LogP) is 3.67. The van der Waals surface area contributed by atoms with E-state index in [0.29, 0.717) is 0 Å². The number of fused-ring (bicyclic) bond motifs is 1. The molecule has 1 heterocycles. The van der Waals surface area contributed by atoms with Crippen LogP contribution in [-0.4, -0.2) is 31.2 Å². The lowest BCUT2D eigenvalue weighted by Gasteiger charge is -2.19. The molecular weight excluding hydrogens is 333 g/mol. The molecule has 0 radical (unpaired) electrons. The smallest absolute Gasteiger partial charge is 0.433 e. The quantitative estimate of drug-likeness (QED) is 0.910. The Labute approximate surface area is 143 Å². The van der Waals surface area contributed by atoms with E-state index in [9.17, 15) is 13.2 Å². The summed E-state index contributed by atoms with van der Waals surface area (Å²) in [6, 6.07) is 6.49. The highest BCUT2D eigenvalue weighted by atomic mass is 19.4. The summed E-state index contributed by atoms with van der Waals surface area (Å²) in [6.45, 7) is 0. The van der Waals surface area contributed by atoms with E-state index in [2.05, 4.69) is 15.3 Å². The summed E-state index contributed by atoms with van der Waals surface area (Å²) >= 11 is 0. The van der Waals surface area contributed by atoms with Gasteiger partial charge in [0.05, 0.1) is 13.2 Å². The van der Waals surface area contributed by atoms with Crippen LogP contribution < -0.4 is 15.0 Å². The number of hydrogen-bond donors (Lipinski definition) is 1. The molecule has 1 N–H and O–H groups in total. The van der Waals surface area contributed by atoms with Crippen molar-refractivity contribution in [3.8, 4) is 5.75 Å². The van der Waals surface area contributed by atoms with Crippen molar-refractivity contribution in [1.82, 2.24) is 9.97 Å². The van der Waals surface area contributed by atoms with Crippen molar-refractivity contribution < 1.29 is 17.9 Å². The lowest BCUT2D eigenvalue weighted by atomic mass is 10.1. The molecule has 8 heteroatoms. The van der Waals surface area contributed by atoms with Crippen LogP contribution in [0.4, 0.5) is 24.9 Å². The minimum atomic E-state index is -4.53. The Kier molecular flexibility index (Phi) is 4.45. The van der Waals surface area contributed by atoms with Gasteiger partial charge < -0.3 is 15.0 Å². The monoisotopic (exact) mass is 352 g/mol. The Morgan fingerprint density at radius 2 is 2.00 bits per heavy atom. The summed E-state index contributed by atoms with van der Waals surface area (Å²) in [5.41, 5.74) is 1.12. The van der Waals surface area contributed by atoms with Crippen LogP contribution in [0.3, 0.4) is 0 Å². The zero-order valence-corrected chi connectivity index (χ0v) is 14.2. The normalized spacial score (nSPS) is 16.5. The van der Waals surface area contributed by atoms with E-state index in [1.165, 1.54) is 4.90 Å². The fraction of sp³-hybridized carbons (Fsp3) is 0.412. The Morgan fingerprint density at radius 1 is 1.24 bits per heavy atom. The molecule has 134 valence electrons. The molecule has 1 aromatic carbocycles. The number of methoxy groups -OCH3 is 1. The topological polar surface area (TPSA) is 50.3 Å². The lowest BCUT2D eigenvalue weighted by Crippen LogP contribution is -2.18. The van der Waals surface area contributed by atoms with Gasteiger partial charge in [-0.15, -0.1) is 0 Å². The van der Waals surface area contributed by atoms with Crippen molar-refractivity contribution in [1.29, 1.82) is 0 Å². The highest BCUT2D eigenvalue weighted by Gasteiger charge is 2.34. The number of halogens is 3. The number of nitrogens with one attached hydrogen (secondary N) is 1. The van der Waals surface area contributed by atoms with Crippen molar-refractivity contribution in [3.05, 3.63) is 41.1 Å². The number of anilines is 2. The van der Waals surface area contributed by atoms with Crippen molar-refractivity contribution in [2.45, 2.75) is 25.1 Å². The molecule has 1 atom stereocenters. The second-order valence-corrected chi connectivity index (χ2v) is 6.09. The van der Waals surface area contributed by atoms with E-state index in [4.69, 9.17) is 4.74 Å². The molecule has 1 unspecified atom stereocenters. The van der Waals surface area contributed by atoms with Crippen molar-refractivity contribution in [2.75, 3.05) is 31.4 Å². The minimum Gasteiger partial charge on any atom is -0.496 e. The lowest BCUT2D eigenvalue weighted by molar-refractivity contribution is -0.141. The van der Waals surface area contributed by atoms with E-state index < -0.39 is 11.9 Å². The average molecular weight is 352 g/mol. The summed E-state index contributed by atoms with van der Waals surface area (Å²) in [6.07, 6.45) is -3.00. The molecule has 2 aromatic rings. The van der Waals surface area contributed by atoms with E-state index >= 15 is 0 Å². The molecule has 0 fully saturated rings. The number of aromatic nitrogens is 2. The number of ether oxygens (including phenoxy) is 1. The Morgan fingerprint density at radius 3 is 2.64 bits per heavy atom. The van der Waals surface area contributed by atoms with Crippen LogP contribution in [0.5, 0.6) is 5.75 Å². The molecule has 0 saturated heterocycles. The molecule has 0 bridgehead atoms. The number of alkyl halides is 3. The third kappa shape index (κ3) is 3.47. The second-order valence-electron chi connectivity index (χ2n) is 6.09. The molecule has 0 aliphatic heterocycles. The average Bonchev–Trinajstić information content (AvgIpc) is 2.96. The maximum atomic E-state index is 13.1. The van der Waals surface area contributed by atoms with E-state index in [1.54, 1.807) is 21.2 Å². The molecule has 5 nitrogen and oxygen atoms in total. The molecule has 1 aliphatic carbocycles. The van der Waals surface area contributed by atoms with Crippen LogP contribution in [0.1, 0.15) is 29.3 Å². The van der Waals surface area contributed by atoms with Crippen molar-refractivity contribution in [2.24, 2.45) is 0 Å². The van der Waals surface area contributed by atoms with Crippen molar-refractivity contribution >= 4 is 11.8 Å². The standard InChI is InChI=1S/C17H19F3N4O/c1-24(2)15-9-14(17(18,19)20)22-16(23-15)21-12-8-7-11-10(12)5-4-6-13(11)25-3/h4-6,9,12H,7-8H2,1-3H3,(H,21,22,23). The van der Waals surface area contributed by atoms with Gasteiger partial charge in [0.2, 0.25) is 5.95 Å². The molecule has 25 heavy (non-hydrogen) atoms. The molecule has 3 rings (SSSR count). The molecule has 0 saturated carbocycles. The molecule has 1 aromatic heterocycles. The zero-order chi connectivity index (χ0) is 18.2. The zero-order valence-electron chi connectivity index (χ0n) is 14.2. The van der Waals surface area contributed by atoms with Crippen LogP contribution in [-0.2, 0) is 12.6 Å². The van der Waals surface area contributed by atoms with E-state index in [1.807, 2.05) is 18.2 Å². The van der Waals surface area contributed by atoms with Crippen LogP contribution in [0.2, 0.25) is 0 Å². The van der Waals surface area contributed by atoms with Gasteiger partial charge in [0.25, 0.3) is 0 Å². The van der Waals surface area contributed by atoms with E-state index in [0.717, 1.165) is 35.8 Å². The maximum absolute atomic E-state index is 13.1. The molecular formula is C17H19F3N4O. The number of benzene rings is 1. The Balaban J connectivity index is 1.94. The third-order valence-electron chi connectivity index (χ3n) is 4.21. The fourth-order valence-corrected chi connectivity index (χ4v) is 2.99. The van der Waals surface area contributed by atoms with Gasteiger partial charge in [-0.1, -0.05) is 12.1 Å². The van der Waals surface area contributed by atoms with E-state index in [-0.39, 0.29) is 17.8 Å². The van der Waals surface area contributed by atoms with Gasteiger partial charge in [-0.05, 0) is 30.0 Å². The van der Waals surface area contributed by atoms with Gasteiger partial charge in [0.15, 0.2) is 5.69 Å². The molecule has 1 aliphatic rings. The Bertz CT molecular complexity index is 777. The first-order valence-corrected chi connectivity index (χ1v) is 7.85. The molecule has 0 amide bonds. The fourth-order valence-electron chi connectivity index (χ4n) is 2.99. The van der Waals surface area contributed by atoms with Gasteiger partial charge in [0, 0.05) is 20.2 Å². The maximum Gasteiger partial charge on any atom is 0.433 e. The highest BCUT2D eigenvalue weighted by molar-refractivity contribution is 5.50. The van der Waals surface area contributed by atoms with Gasteiger partial charge in [0.1, 0.15) is 11.6 Å². The minimum absolute atomic E-state index is 0.0285. The third-order valence-corrected chi connectivity index (χ3v) is 4.21. The van der Waals surface area contributed by atoms with Gasteiger partial charge in [-0.25, -0.2) is 4.98 Å². The number of nitrogens with zero attached hydrogens (tertiary/aromatic N) is 3. The summed E-state index contributed by atoms with van der Waals surface area (Å²) in [5, 5.41) is 3.05. The largest absolute Gasteiger partial charge is 0.496 e. The van der Waals surface area contributed by atoms with Gasteiger partial charge >= 0.3 is 6.18 Å². The summed E-state index contributed by atoms with van der Waals surface area (Å²) in [5.74, 6) is 0.966. The van der Waals surface area contributed by atoms with Gasteiger partial charge in [-0.2, -0.15) is 18.2 Å². The summed E-state index contributed by atoms with van der Waals surface area (Å²) in [4.78, 5) is 9.38. The predicted molar refractivity (Wildman–Crippen MR) is 89.0 cm³/mol. The number of rotatable bonds is 4. The van der Waals surface area contributed by atoms with Crippen LogP contribution >= 0.6 is 0 Å². The first kappa shape index (κ1) is 17.3.